The lowest BCUT2D eigenvalue weighted by molar-refractivity contribution is 0.184. The molecule has 1 aromatic heterocycles. The summed E-state index contributed by atoms with van der Waals surface area (Å²) in [6.07, 6.45) is 1.77. The molecule has 0 saturated carbocycles. The van der Waals surface area contributed by atoms with Gasteiger partial charge in [-0.25, -0.2) is 13.6 Å². The highest BCUT2D eigenvalue weighted by molar-refractivity contribution is 7.99. The minimum absolute atomic E-state index is 0.114. The number of methoxy groups -OCH3 is 1. The van der Waals surface area contributed by atoms with Crippen LogP contribution in [0.1, 0.15) is 5.56 Å². The van der Waals surface area contributed by atoms with Crippen LogP contribution in [0.4, 0.5) is 0 Å². The molecule has 0 amide bonds. The Morgan fingerprint density at radius 2 is 2.26 bits per heavy atom. The molecule has 0 aliphatic carbocycles. The van der Waals surface area contributed by atoms with Gasteiger partial charge in [0, 0.05) is 12.7 Å². The van der Waals surface area contributed by atoms with Crippen molar-refractivity contribution in [2.75, 3.05) is 26.9 Å². The smallest absolute Gasteiger partial charge is 0.247 e. The van der Waals surface area contributed by atoms with Crippen molar-refractivity contribution in [1.29, 1.82) is 0 Å². The van der Waals surface area contributed by atoms with Gasteiger partial charge in [-0.2, -0.15) is 0 Å². The van der Waals surface area contributed by atoms with Gasteiger partial charge in [-0.15, -0.1) is 11.3 Å². The van der Waals surface area contributed by atoms with Crippen LogP contribution < -0.4 is 5.14 Å². The molecule has 2 heterocycles. The molecule has 3 N–H and O–H groups in total. The fourth-order valence-electron chi connectivity index (χ4n) is 1.58. The quantitative estimate of drug-likeness (QED) is 0.775. The topological polar surface area (TPSA) is 92.9 Å². The molecule has 0 atom stereocenters. The van der Waals surface area contributed by atoms with E-state index in [2.05, 4.69) is 0 Å². The standard InChI is InChI=1S/C10H14N2O4S3/c1-16-3-2-12-8(6-13)4-7-5-9(19(11,14)15)17-10(7)18-12/h4-5,13H,2-3,6H2,1H3,(H2,11,14,15). The van der Waals surface area contributed by atoms with E-state index < -0.39 is 10.0 Å². The minimum Gasteiger partial charge on any atom is -0.390 e. The molecule has 0 unspecified atom stereocenters. The van der Waals surface area contributed by atoms with Gasteiger partial charge in [0.2, 0.25) is 10.0 Å². The first-order valence-corrected chi connectivity index (χ1v) is 8.52. The first-order valence-electron chi connectivity index (χ1n) is 5.38. The maximum absolute atomic E-state index is 11.3. The van der Waals surface area contributed by atoms with Crippen molar-refractivity contribution < 1.29 is 18.3 Å². The first-order chi connectivity index (χ1) is 8.95. The molecule has 1 aromatic rings. The molecular formula is C10H14N2O4S3. The van der Waals surface area contributed by atoms with E-state index in [-0.39, 0.29) is 10.8 Å². The molecular weight excluding hydrogens is 308 g/mol. The number of thiophene rings is 1. The van der Waals surface area contributed by atoms with Gasteiger partial charge in [-0.1, -0.05) is 0 Å². The highest BCUT2D eigenvalue weighted by atomic mass is 32.3. The highest BCUT2D eigenvalue weighted by Crippen LogP contribution is 2.42. The predicted molar refractivity (Wildman–Crippen MR) is 75.2 cm³/mol. The van der Waals surface area contributed by atoms with Crippen LogP contribution in [0.3, 0.4) is 0 Å². The fraction of sp³-hybridized carbons (Fsp3) is 0.400. The van der Waals surface area contributed by atoms with Crippen molar-refractivity contribution >= 4 is 39.4 Å². The third-order valence-electron chi connectivity index (χ3n) is 2.48. The fourth-order valence-corrected chi connectivity index (χ4v) is 4.85. The minimum atomic E-state index is -3.69. The van der Waals surface area contributed by atoms with E-state index in [1.807, 2.05) is 4.31 Å². The van der Waals surface area contributed by atoms with Crippen LogP contribution in [0, 0.1) is 0 Å². The summed E-state index contributed by atoms with van der Waals surface area (Å²) in [6, 6.07) is 1.53. The van der Waals surface area contributed by atoms with Crippen molar-refractivity contribution in [3.05, 3.63) is 17.3 Å². The Balaban J connectivity index is 2.31. The second-order valence-electron chi connectivity index (χ2n) is 3.83. The molecule has 19 heavy (non-hydrogen) atoms. The van der Waals surface area contributed by atoms with Gasteiger partial charge in [0.15, 0.2) is 0 Å². The molecule has 0 fully saturated rings. The normalized spacial score (nSPS) is 15.3. The van der Waals surface area contributed by atoms with Gasteiger partial charge in [-0.05, 0) is 24.1 Å². The Bertz CT molecular complexity index is 594. The summed E-state index contributed by atoms with van der Waals surface area (Å²) in [6.45, 7) is 1.01. The van der Waals surface area contributed by atoms with E-state index in [1.165, 1.54) is 18.0 Å². The highest BCUT2D eigenvalue weighted by Gasteiger charge is 2.23. The number of sulfonamides is 1. The van der Waals surface area contributed by atoms with Crippen LogP contribution >= 0.6 is 23.3 Å². The third-order valence-corrected chi connectivity index (χ3v) is 6.36. The Morgan fingerprint density at radius 3 is 2.84 bits per heavy atom. The molecule has 0 aromatic carbocycles. The van der Waals surface area contributed by atoms with Gasteiger partial charge < -0.3 is 14.1 Å². The zero-order valence-electron chi connectivity index (χ0n) is 10.2. The average molecular weight is 322 g/mol. The lowest BCUT2D eigenvalue weighted by atomic mass is 10.2. The number of primary sulfonamides is 1. The van der Waals surface area contributed by atoms with E-state index in [0.717, 1.165) is 21.1 Å². The summed E-state index contributed by atoms with van der Waals surface area (Å²) in [4.78, 5) is 0. The van der Waals surface area contributed by atoms with Crippen molar-refractivity contribution in [3.8, 4) is 0 Å². The molecule has 2 rings (SSSR count). The van der Waals surface area contributed by atoms with Crippen LogP contribution in [-0.2, 0) is 14.8 Å². The SMILES string of the molecule is COCCN1Sc2sc(S(N)(=O)=O)cc2C=C1CO. The number of hydrogen-bond acceptors (Lipinski definition) is 7. The molecule has 0 bridgehead atoms. The number of fused-ring (bicyclic) bond motifs is 1. The maximum atomic E-state index is 11.3. The van der Waals surface area contributed by atoms with Gasteiger partial charge in [0.1, 0.15) is 4.21 Å². The summed E-state index contributed by atoms with van der Waals surface area (Å²) in [7, 11) is -2.08. The molecule has 0 spiro atoms. The van der Waals surface area contributed by atoms with Crippen LogP contribution in [0.5, 0.6) is 0 Å². The van der Waals surface area contributed by atoms with Crippen molar-refractivity contribution in [3.63, 3.8) is 0 Å². The number of ether oxygens (including phenoxy) is 1. The van der Waals surface area contributed by atoms with Crippen molar-refractivity contribution in [2.45, 2.75) is 8.42 Å². The van der Waals surface area contributed by atoms with Crippen LogP contribution in [0.25, 0.3) is 6.08 Å². The molecule has 6 nitrogen and oxygen atoms in total. The van der Waals surface area contributed by atoms with Gasteiger partial charge in [0.05, 0.1) is 29.7 Å². The monoisotopic (exact) mass is 322 g/mol. The number of nitrogens with zero attached hydrogens (tertiary/aromatic N) is 1. The Hall–Kier alpha value is -0.580. The van der Waals surface area contributed by atoms with E-state index in [9.17, 15) is 13.5 Å². The van der Waals surface area contributed by atoms with Crippen LogP contribution in [0.2, 0.25) is 0 Å². The third kappa shape index (κ3) is 3.30. The molecule has 0 saturated heterocycles. The number of aliphatic hydroxyl groups excluding tert-OH is 1. The lowest BCUT2D eigenvalue weighted by Gasteiger charge is -2.27. The van der Waals surface area contributed by atoms with E-state index >= 15 is 0 Å². The number of rotatable bonds is 5. The predicted octanol–water partition coefficient (Wildman–Crippen LogP) is 0.698. The molecule has 9 heteroatoms. The lowest BCUT2D eigenvalue weighted by Crippen LogP contribution is -2.23. The molecule has 0 radical (unpaired) electrons. The van der Waals surface area contributed by atoms with Gasteiger partial charge in [-0.3, -0.25) is 0 Å². The first kappa shape index (κ1) is 14.8. The van der Waals surface area contributed by atoms with E-state index in [4.69, 9.17) is 9.88 Å². The van der Waals surface area contributed by atoms with Crippen LogP contribution in [0.15, 0.2) is 20.2 Å². The summed E-state index contributed by atoms with van der Waals surface area (Å²) in [5.41, 5.74) is 1.49. The molecule has 1 aliphatic rings. The summed E-state index contributed by atoms with van der Waals surface area (Å²) in [5.74, 6) is 0. The number of hydrogen-bond donors (Lipinski definition) is 2. The Kier molecular flexibility index (Phi) is 4.54. The second kappa shape index (κ2) is 5.81. The average Bonchev–Trinajstić information content (AvgIpc) is 2.77. The molecule has 106 valence electrons. The maximum Gasteiger partial charge on any atom is 0.247 e. The van der Waals surface area contributed by atoms with Gasteiger partial charge >= 0.3 is 0 Å². The summed E-state index contributed by atoms with van der Waals surface area (Å²) >= 11 is 2.52. The van der Waals surface area contributed by atoms with E-state index in [1.54, 1.807) is 13.2 Å². The van der Waals surface area contributed by atoms with Crippen LogP contribution in [-0.4, -0.2) is 44.7 Å². The molecule has 1 aliphatic heterocycles. The Labute approximate surface area is 120 Å². The largest absolute Gasteiger partial charge is 0.390 e. The zero-order valence-corrected chi connectivity index (χ0v) is 12.6. The Morgan fingerprint density at radius 1 is 1.53 bits per heavy atom. The summed E-state index contributed by atoms with van der Waals surface area (Å²) < 4.78 is 30.5. The summed E-state index contributed by atoms with van der Waals surface area (Å²) in [5, 5.41) is 14.5. The zero-order chi connectivity index (χ0) is 14.0. The second-order valence-corrected chi connectivity index (χ2v) is 7.96. The number of nitrogens with two attached hydrogens (primary N) is 1. The van der Waals surface area contributed by atoms with Crippen molar-refractivity contribution in [1.82, 2.24) is 4.31 Å². The number of aliphatic hydroxyl groups is 1. The van der Waals surface area contributed by atoms with Crippen molar-refractivity contribution in [2.24, 2.45) is 5.14 Å². The van der Waals surface area contributed by atoms with Gasteiger partial charge in [0.25, 0.3) is 0 Å². The van der Waals surface area contributed by atoms with E-state index in [0.29, 0.717) is 18.8 Å².